The number of aromatic amines is 2. The maximum Gasteiger partial charge on any atom is 0.326 e. The Balaban J connectivity index is 2.27. The highest BCUT2D eigenvalue weighted by atomic mass is 16.2. The van der Waals surface area contributed by atoms with E-state index < -0.39 is 17.2 Å². The lowest BCUT2D eigenvalue weighted by atomic mass is 10.1. The van der Waals surface area contributed by atoms with Gasteiger partial charge in [0.2, 0.25) is 0 Å². The number of H-pyrrole nitrogens is 2. The van der Waals surface area contributed by atoms with E-state index in [-0.39, 0.29) is 11.5 Å². The van der Waals surface area contributed by atoms with Gasteiger partial charge in [-0.2, -0.15) is 0 Å². The van der Waals surface area contributed by atoms with Gasteiger partial charge in [-0.1, -0.05) is 12.1 Å². The monoisotopic (exact) mass is 273 g/mol. The smallest absolute Gasteiger partial charge is 0.321 e. The highest BCUT2D eigenvalue weighted by molar-refractivity contribution is 6.03. The highest BCUT2D eigenvalue weighted by Crippen LogP contribution is 2.11. The van der Waals surface area contributed by atoms with E-state index in [2.05, 4.69) is 10.3 Å². The zero-order valence-corrected chi connectivity index (χ0v) is 10.5. The summed E-state index contributed by atoms with van der Waals surface area (Å²) >= 11 is 0. The average molecular weight is 273 g/mol. The van der Waals surface area contributed by atoms with Crippen LogP contribution in [0.3, 0.4) is 0 Å². The molecule has 0 aliphatic rings. The Kier molecular flexibility index (Phi) is 3.60. The average Bonchev–Trinajstić information content (AvgIpc) is 2.37. The lowest BCUT2D eigenvalue weighted by Crippen LogP contribution is -2.27. The summed E-state index contributed by atoms with van der Waals surface area (Å²) in [7, 11) is 0. The van der Waals surface area contributed by atoms with Gasteiger partial charge in [-0.05, 0) is 19.1 Å². The van der Waals surface area contributed by atoms with E-state index >= 15 is 0 Å². The van der Waals surface area contributed by atoms with Crippen molar-refractivity contribution in [2.24, 2.45) is 0 Å². The predicted octanol–water partition coefficient (Wildman–Crippen LogP) is 0.518. The van der Waals surface area contributed by atoms with Gasteiger partial charge in [-0.25, -0.2) is 4.79 Å². The van der Waals surface area contributed by atoms with Crippen molar-refractivity contribution < 1.29 is 9.59 Å². The molecule has 3 N–H and O–H groups in total. The minimum Gasteiger partial charge on any atom is -0.321 e. The number of benzene rings is 1. The molecular formula is C13H11N3O4. The first-order valence-corrected chi connectivity index (χ1v) is 5.72. The van der Waals surface area contributed by atoms with Gasteiger partial charge >= 0.3 is 5.69 Å². The molecule has 0 radical (unpaired) electrons. The van der Waals surface area contributed by atoms with Crippen molar-refractivity contribution in [2.45, 2.75) is 6.92 Å². The van der Waals surface area contributed by atoms with Crippen LogP contribution in [0.15, 0.2) is 39.9 Å². The first-order valence-electron chi connectivity index (χ1n) is 5.72. The maximum atomic E-state index is 11.9. The fourth-order valence-corrected chi connectivity index (χ4v) is 1.61. The summed E-state index contributed by atoms with van der Waals surface area (Å²) in [5, 5.41) is 2.49. The van der Waals surface area contributed by atoms with Crippen LogP contribution in [0.25, 0.3) is 0 Å². The van der Waals surface area contributed by atoms with Gasteiger partial charge < -0.3 is 10.3 Å². The molecule has 2 rings (SSSR count). The number of ketones is 1. The van der Waals surface area contributed by atoms with Gasteiger partial charge in [0, 0.05) is 17.3 Å². The highest BCUT2D eigenvalue weighted by Gasteiger charge is 2.09. The van der Waals surface area contributed by atoms with Crippen LogP contribution in [0.5, 0.6) is 0 Å². The Bertz CT molecular complexity index is 760. The first-order chi connectivity index (χ1) is 9.45. The number of carbonyl (C=O) groups excluding carboxylic acids is 2. The molecule has 1 heterocycles. The molecule has 0 atom stereocenters. The lowest BCUT2D eigenvalue weighted by Gasteiger charge is -2.05. The molecule has 1 aromatic carbocycles. The Morgan fingerprint density at radius 1 is 1.10 bits per heavy atom. The summed E-state index contributed by atoms with van der Waals surface area (Å²) in [6, 6.07) is 7.31. The van der Waals surface area contributed by atoms with Crippen LogP contribution >= 0.6 is 0 Å². The Hall–Kier alpha value is -2.96. The topological polar surface area (TPSA) is 112 Å². The van der Waals surface area contributed by atoms with E-state index in [1.807, 2.05) is 4.98 Å². The summed E-state index contributed by atoms with van der Waals surface area (Å²) < 4.78 is 0. The van der Waals surface area contributed by atoms with Gasteiger partial charge in [0.15, 0.2) is 5.78 Å². The number of nitrogens with one attached hydrogen (secondary N) is 3. The molecule has 0 aliphatic heterocycles. The minimum atomic E-state index is -0.764. The van der Waals surface area contributed by atoms with E-state index in [1.165, 1.54) is 13.0 Å². The summed E-state index contributed by atoms with van der Waals surface area (Å²) in [6.07, 6.45) is 0. The third kappa shape index (κ3) is 3.08. The van der Waals surface area contributed by atoms with Crippen LogP contribution < -0.4 is 16.6 Å². The molecule has 0 bridgehead atoms. The van der Waals surface area contributed by atoms with Crippen molar-refractivity contribution in [1.29, 1.82) is 0 Å². The third-order valence-corrected chi connectivity index (χ3v) is 2.53. The van der Waals surface area contributed by atoms with Crippen LogP contribution in [0.4, 0.5) is 5.69 Å². The molecule has 0 spiro atoms. The Morgan fingerprint density at radius 2 is 1.85 bits per heavy atom. The molecule has 2 aromatic rings. The van der Waals surface area contributed by atoms with Crippen LogP contribution in [0.2, 0.25) is 0 Å². The van der Waals surface area contributed by atoms with Crippen LogP contribution in [0, 0.1) is 0 Å². The second kappa shape index (κ2) is 5.35. The number of hydrogen-bond acceptors (Lipinski definition) is 4. The molecule has 20 heavy (non-hydrogen) atoms. The first kappa shape index (κ1) is 13.5. The fraction of sp³-hybridized carbons (Fsp3) is 0.0769. The second-order valence-electron chi connectivity index (χ2n) is 4.09. The Labute approximate surface area is 112 Å². The summed E-state index contributed by atoms with van der Waals surface area (Å²) in [5.74, 6) is -0.778. The second-order valence-corrected chi connectivity index (χ2v) is 4.09. The molecule has 1 amide bonds. The van der Waals surface area contributed by atoms with E-state index in [0.29, 0.717) is 11.3 Å². The van der Waals surface area contributed by atoms with Crippen molar-refractivity contribution in [3.05, 3.63) is 62.4 Å². The van der Waals surface area contributed by atoms with Crippen LogP contribution in [-0.2, 0) is 0 Å². The molecule has 0 saturated heterocycles. The standard InChI is InChI=1S/C13H11N3O4/c1-7(17)8-3-2-4-9(5-8)14-12(19)10-6-11(18)16-13(20)15-10/h2-6H,1H3,(H,14,19)(H2,15,16,18,20). The van der Waals surface area contributed by atoms with Gasteiger partial charge in [-0.3, -0.25) is 19.4 Å². The normalized spacial score (nSPS) is 10.1. The van der Waals surface area contributed by atoms with Crippen molar-refractivity contribution in [1.82, 2.24) is 9.97 Å². The number of aromatic nitrogens is 2. The fourth-order valence-electron chi connectivity index (χ4n) is 1.61. The molecule has 1 aromatic heterocycles. The van der Waals surface area contributed by atoms with Crippen LogP contribution in [0.1, 0.15) is 27.8 Å². The van der Waals surface area contributed by atoms with Crippen molar-refractivity contribution in [3.8, 4) is 0 Å². The number of hydrogen-bond donors (Lipinski definition) is 3. The number of anilines is 1. The largest absolute Gasteiger partial charge is 0.326 e. The molecule has 102 valence electrons. The van der Waals surface area contributed by atoms with Crippen LogP contribution in [-0.4, -0.2) is 21.7 Å². The molecule has 0 aliphatic carbocycles. The Morgan fingerprint density at radius 3 is 2.50 bits per heavy atom. The quantitative estimate of drug-likeness (QED) is 0.707. The molecule has 0 fully saturated rings. The van der Waals surface area contributed by atoms with E-state index in [4.69, 9.17) is 0 Å². The van der Waals surface area contributed by atoms with Crippen molar-refractivity contribution in [3.63, 3.8) is 0 Å². The number of rotatable bonds is 3. The molecule has 7 heteroatoms. The molecular weight excluding hydrogens is 262 g/mol. The van der Waals surface area contributed by atoms with Gasteiger partial charge in [-0.15, -0.1) is 0 Å². The predicted molar refractivity (Wildman–Crippen MR) is 72.1 cm³/mol. The minimum absolute atomic E-state index is 0.134. The van der Waals surface area contributed by atoms with E-state index in [0.717, 1.165) is 6.07 Å². The van der Waals surface area contributed by atoms with Crippen molar-refractivity contribution >= 4 is 17.4 Å². The van der Waals surface area contributed by atoms with Crippen molar-refractivity contribution in [2.75, 3.05) is 5.32 Å². The lowest BCUT2D eigenvalue weighted by molar-refractivity contribution is 0.100. The summed E-state index contributed by atoms with van der Waals surface area (Å²) in [5.41, 5.74) is -0.755. The van der Waals surface area contributed by atoms with E-state index in [1.54, 1.807) is 18.2 Å². The summed E-state index contributed by atoms with van der Waals surface area (Å²) in [6.45, 7) is 1.41. The third-order valence-electron chi connectivity index (χ3n) is 2.53. The maximum absolute atomic E-state index is 11.9. The number of amides is 1. The molecule has 0 saturated carbocycles. The van der Waals surface area contributed by atoms with Gasteiger partial charge in [0.05, 0.1) is 0 Å². The molecule has 7 nitrogen and oxygen atoms in total. The number of Topliss-reactive ketones (excluding diaryl/α,β-unsaturated/α-hetero) is 1. The SMILES string of the molecule is CC(=O)c1cccc(NC(=O)c2cc(=O)[nH]c(=O)[nH]2)c1. The van der Waals surface area contributed by atoms with Gasteiger partial charge in [0.1, 0.15) is 5.69 Å². The summed E-state index contributed by atoms with van der Waals surface area (Å²) in [4.78, 5) is 49.5. The zero-order valence-electron chi connectivity index (χ0n) is 10.5. The molecule has 0 unspecified atom stereocenters. The van der Waals surface area contributed by atoms with E-state index in [9.17, 15) is 19.2 Å². The van der Waals surface area contributed by atoms with Gasteiger partial charge in [0.25, 0.3) is 11.5 Å². The number of carbonyl (C=O) groups is 2. The zero-order chi connectivity index (χ0) is 14.7.